The monoisotopic (exact) mass is 473 g/mol. The molecule has 0 unspecified atom stereocenters. The van der Waals surface area contributed by atoms with Crippen LogP contribution in [0.25, 0.3) is 0 Å². The Morgan fingerprint density at radius 3 is 1.54 bits per heavy atom. The number of nitrogens with one attached hydrogen (secondary N) is 3. The second-order valence-electron chi connectivity index (χ2n) is 9.46. The zero-order valence-electron chi connectivity index (χ0n) is 20.6. The molecule has 0 bridgehead atoms. The summed E-state index contributed by atoms with van der Waals surface area (Å²) in [5.41, 5.74) is 7.76. The highest BCUT2D eigenvalue weighted by Crippen LogP contribution is 2.22. The molecule has 7 nitrogen and oxygen atoms in total. The largest absolute Gasteiger partial charge is 0.491 e. The number of benzene rings is 3. The average Bonchev–Trinajstić information content (AvgIpc) is 2.82. The summed E-state index contributed by atoms with van der Waals surface area (Å²) in [7, 11) is 0. The van der Waals surface area contributed by atoms with Gasteiger partial charge in [-0.2, -0.15) is 0 Å². The number of amides is 3. The van der Waals surface area contributed by atoms with Gasteiger partial charge in [-0.05, 0) is 85.5 Å². The van der Waals surface area contributed by atoms with Crippen molar-refractivity contribution in [2.24, 2.45) is 0 Å². The van der Waals surface area contributed by atoms with E-state index in [-0.39, 0.29) is 17.4 Å². The van der Waals surface area contributed by atoms with Crippen LogP contribution < -0.4 is 20.9 Å². The van der Waals surface area contributed by atoms with Gasteiger partial charge in [-0.3, -0.25) is 25.2 Å². The number of ether oxygens (including phenoxy) is 1. The first-order chi connectivity index (χ1) is 16.5. The van der Waals surface area contributed by atoms with Gasteiger partial charge in [-0.15, -0.1) is 0 Å². The number of carbonyl (C=O) groups is 3. The summed E-state index contributed by atoms with van der Waals surface area (Å²) in [5.74, 6) is -0.501. The molecule has 0 atom stereocenters. The van der Waals surface area contributed by atoms with Crippen LogP contribution in [0.2, 0.25) is 0 Å². The molecule has 3 rings (SSSR count). The van der Waals surface area contributed by atoms with E-state index in [9.17, 15) is 14.4 Å². The Labute approximate surface area is 205 Å². The SMILES string of the molecule is CC(C)Oc1ccc(C(=O)NNC(=O)c2ccc(NC(=O)c3ccc(C(C)(C)C)cc3)cc2)cc1. The van der Waals surface area contributed by atoms with Crippen molar-refractivity contribution in [1.82, 2.24) is 10.9 Å². The van der Waals surface area contributed by atoms with Crippen molar-refractivity contribution in [3.63, 3.8) is 0 Å². The molecular weight excluding hydrogens is 442 g/mol. The van der Waals surface area contributed by atoms with Crippen molar-refractivity contribution in [3.8, 4) is 5.75 Å². The van der Waals surface area contributed by atoms with E-state index in [0.717, 1.165) is 5.56 Å². The number of hydrogen-bond donors (Lipinski definition) is 3. The smallest absolute Gasteiger partial charge is 0.269 e. The van der Waals surface area contributed by atoms with E-state index in [2.05, 4.69) is 36.9 Å². The lowest BCUT2D eigenvalue weighted by molar-refractivity contribution is 0.0846. The lowest BCUT2D eigenvalue weighted by atomic mass is 9.87. The van der Waals surface area contributed by atoms with Crippen molar-refractivity contribution >= 4 is 23.4 Å². The van der Waals surface area contributed by atoms with Crippen LogP contribution >= 0.6 is 0 Å². The minimum Gasteiger partial charge on any atom is -0.491 e. The number of hydrogen-bond acceptors (Lipinski definition) is 4. The molecule has 0 heterocycles. The summed E-state index contributed by atoms with van der Waals surface area (Å²) in [4.78, 5) is 37.2. The molecule has 0 fully saturated rings. The van der Waals surface area contributed by atoms with Crippen molar-refractivity contribution in [3.05, 3.63) is 95.1 Å². The lowest BCUT2D eigenvalue weighted by Crippen LogP contribution is -2.41. The fraction of sp³-hybridized carbons (Fsp3) is 0.250. The minimum atomic E-state index is -0.478. The number of anilines is 1. The molecule has 0 spiro atoms. The number of rotatable bonds is 6. The standard InChI is InChI=1S/C28H31N3O4/c1-18(2)35-24-16-10-21(11-17-24)27(34)31-30-26(33)20-8-14-23(15-9-20)29-25(32)19-6-12-22(13-7-19)28(3,4)5/h6-18H,1-5H3,(H,29,32)(H,30,33)(H,31,34). The molecule has 0 aliphatic heterocycles. The molecular formula is C28H31N3O4. The zero-order chi connectivity index (χ0) is 25.6. The maximum atomic E-state index is 12.5. The fourth-order valence-corrected chi connectivity index (χ4v) is 3.24. The summed E-state index contributed by atoms with van der Waals surface area (Å²) in [5, 5.41) is 2.82. The van der Waals surface area contributed by atoms with Crippen molar-refractivity contribution in [2.45, 2.75) is 46.1 Å². The molecule has 182 valence electrons. The summed E-state index contributed by atoms with van der Waals surface area (Å²) in [6, 6.07) is 20.5. The molecule has 3 aromatic carbocycles. The van der Waals surface area contributed by atoms with Crippen molar-refractivity contribution in [2.75, 3.05) is 5.32 Å². The Bertz CT molecular complexity index is 1180. The van der Waals surface area contributed by atoms with Crippen LogP contribution in [0.3, 0.4) is 0 Å². The molecule has 0 saturated heterocycles. The molecule has 0 aliphatic rings. The molecule has 0 radical (unpaired) electrons. The molecule has 35 heavy (non-hydrogen) atoms. The van der Waals surface area contributed by atoms with Crippen molar-refractivity contribution in [1.29, 1.82) is 0 Å². The summed E-state index contributed by atoms with van der Waals surface area (Å²) in [6.45, 7) is 10.2. The Morgan fingerprint density at radius 1 is 0.657 bits per heavy atom. The Kier molecular flexibility index (Phi) is 7.91. The highest BCUT2D eigenvalue weighted by Gasteiger charge is 2.15. The minimum absolute atomic E-state index is 0.0118. The first-order valence-electron chi connectivity index (χ1n) is 11.4. The van der Waals surface area contributed by atoms with E-state index in [1.807, 2.05) is 26.0 Å². The maximum absolute atomic E-state index is 12.5. The van der Waals surface area contributed by atoms with E-state index in [1.54, 1.807) is 60.7 Å². The second-order valence-corrected chi connectivity index (χ2v) is 9.46. The predicted molar refractivity (Wildman–Crippen MR) is 137 cm³/mol. The van der Waals surface area contributed by atoms with Crippen LogP contribution in [0.1, 0.15) is 71.3 Å². The van der Waals surface area contributed by atoms with Crippen LogP contribution in [0, 0.1) is 0 Å². The quantitative estimate of drug-likeness (QED) is 0.434. The van der Waals surface area contributed by atoms with Crippen LogP contribution in [-0.4, -0.2) is 23.8 Å². The van der Waals surface area contributed by atoms with Gasteiger partial charge in [0.1, 0.15) is 5.75 Å². The van der Waals surface area contributed by atoms with Gasteiger partial charge < -0.3 is 10.1 Å². The van der Waals surface area contributed by atoms with Gasteiger partial charge in [-0.1, -0.05) is 32.9 Å². The van der Waals surface area contributed by atoms with E-state index < -0.39 is 11.8 Å². The van der Waals surface area contributed by atoms with E-state index in [1.165, 1.54) is 0 Å². The van der Waals surface area contributed by atoms with Gasteiger partial charge >= 0.3 is 0 Å². The number of hydrazine groups is 1. The molecule has 0 saturated carbocycles. The fourth-order valence-electron chi connectivity index (χ4n) is 3.24. The highest BCUT2D eigenvalue weighted by molar-refractivity contribution is 6.04. The van der Waals surface area contributed by atoms with E-state index in [4.69, 9.17) is 4.74 Å². The Hall–Kier alpha value is -4.13. The van der Waals surface area contributed by atoms with Gasteiger partial charge in [0, 0.05) is 22.4 Å². The van der Waals surface area contributed by atoms with Crippen LogP contribution in [0.4, 0.5) is 5.69 Å². The molecule has 3 N–H and O–H groups in total. The van der Waals surface area contributed by atoms with Crippen molar-refractivity contribution < 1.29 is 19.1 Å². The molecule has 0 aliphatic carbocycles. The first kappa shape index (κ1) is 25.5. The third-order valence-electron chi connectivity index (χ3n) is 5.20. The van der Waals surface area contributed by atoms with Crippen LogP contribution in [-0.2, 0) is 5.41 Å². The normalized spacial score (nSPS) is 11.0. The van der Waals surface area contributed by atoms with Gasteiger partial charge in [0.15, 0.2) is 0 Å². The van der Waals surface area contributed by atoms with Gasteiger partial charge in [-0.25, -0.2) is 0 Å². The molecule has 3 aromatic rings. The summed E-state index contributed by atoms with van der Waals surface area (Å²) < 4.78 is 5.55. The zero-order valence-corrected chi connectivity index (χ0v) is 20.6. The predicted octanol–water partition coefficient (Wildman–Crippen LogP) is 5.10. The molecule has 7 heteroatoms. The van der Waals surface area contributed by atoms with E-state index >= 15 is 0 Å². The second kappa shape index (κ2) is 10.9. The van der Waals surface area contributed by atoms with Crippen LogP contribution in [0.15, 0.2) is 72.8 Å². The number of carbonyl (C=O) groups excluding carboxylic acids is 3. The Morgan fingerprint density at radius 2 is 1.09 bits per heavy atom. The average molecular weight is 474 g/mol. The Balaban J connectivity index is 1.53. The topological polar surface area (TPSA) is 96.5 Å². The highest BCUT2D eigenvalue weighted by atomic mass is 16.5. The maximum Gasteiger partial charge on any atom is 0.269 e. The van der Waals surface area contributed by atoms with Gasteiger partial charge in [0.25, 0.3) is 17.7 Å². The lowest BCUT2D eigenvalue weighted by Gasteiger charge is -2.19. The van der Waals surface area contributed by atoms with E-state index in [0.29, 0.717) is 28.1 Å². The first-order valence-corrected chi connectivity index (χ1v) is 11.4. The summed E-state index contributed by atoms with van der Waals surface area (Å²) >= 11 is 0. The van der Waals surface area contributed by atoms with Gasteiger partial charge in [0.05, 0.1) is 6.10 Å². The molecule has 3 amide bonds. The summed E-state index contributed by atoms with van der Waals surface area (Å²) in [6.07, 6.45) is 0.0358. The van der Waals surface area contributed by atoms with Gasteiger partial charge in [0.2, 0.25) is 0 Å². The molecule has 0 aromatic heterocycles. The van der Waals surface area contributed by atoms with Crippen LogP contribution in [0.5, 0.6) is 5.75 Å². The third kappa shape index (κ3) is 7.17. The third-order valence-corrected chi connectivity index (χ3v) is 5.20.